The van der Waals surface area contributed by atoms with E-state index in [1.165, 1.54) is 24.3 Å². The van der Waals surface area contributed by atoms with Gasteiger partial charge in [0.1, 0.15) is 5.75 Å². The Bertz CT molecular complexity index is 808. The van der Waals surface area contributed by atoms with Crippen LogP contribution in [0.3, 0.4) is 0 Å². The fourth-order valence-electron chi connectivity index (χ4n) is 1.94. The highest BCUT2D eigenvalue weighted by Gasteiger charge is 2.30. The molecule has 0 amide bonds. The molecular weight excluding hydrogens is 354 g/mol. The quantitative estimate of drug-likeness (QED) is 0.646. The molecule has 0 aliphatic carbocycles. The van der Waals surface area contributed by atoms with Crippen LogP contribution in [0.5, 0.6) is 5.75 Å². The monoisotopic (exact) mass is 361 g/mol. The molecule has 2 N–H and O–H groups in total. The van der Waals surface area contributed by atoms with E-state index in [0.717, 1.165) is 0 Å². The van der Waals surface area contributed by atoms with Crippen LogP contribution in [0.2, 0.25) is 10.0 Å². The van der Waals surface area contributed by atoms with Gasteiger partial charge in [-0.2, -0.15) is 0 Å². The smallest absolute Gasteiger partial charge is 0.406 e. The predicted molar refractivity (Wildman–Crippen MR) is 82.5 cm³/mol. The van der Waals surface area contributed by atoms with E-state index in [1.807, 2.05) is 0 Å². The van der Waals surface area contributed by atoms with Crippen LogP contribution in [-0.2, 0) is 0 Å². The van der Waals surface area contributed by atoms with Gasteiger partial charge in [-0.05, 0) is 36.4 Å². The third kappa shape index (κ3) is 3.80. The van der Waals surface area contributed by atoms with Crippen LogP contribution in [0.15, 0.2) is 36.4 Å². The number of ether oxygens (including phenoxy) is 1. The summed E-state index contributed by atoms with van der Waals surface area (Å²) in [6, 6.07) is 8.53. The number of aromatic nitrogens is 2. The molecule has 0 bridgehead atoms. The molecule has 0 fully saturated rings. The van der Waals surface area contributed by atoms with Crippen LogP contribution in [0.1, 0.15) is 0 Å². The number of rotatable bonds is 3. The molecule has 0 atom stereocenters. The topological polar surface area (TPSA) is 49.9 Å². The van der Waals surface area contributed by atoms with Gasteiger partial charge in [-0.15, -0.1) is 13.2 Å². The number of H-pyrrole nitrogens is 1. The van der Waals surface area contributed by atoms with Crippen molar-refractivity contribution < 1.29 is 17.9 Å². The van der Waals surface area contributed by atoms with Crippen molar-refractivity contribution in [3.63, 3.8) is 0 Å². The van der Waals surface area contributed by atoms with Crippen molar-refractivity contribution in [3.8, 4) is 5.75 Å². The Hall–Kier alpha value is -2.12. The second-order valence-electron chi connectivity index (χ2n) is 4.57. The summed E-state index contributed by atoms with van der Waals surface area (Å²) < 4.78 is 40.1. The average molecular weight is 362 g/mol. The van der Waals surface area contributed by atoms with Gasteiger partial charge in [0.2, 0.25) is 5.95 Å². The summed E-state index contributed by atoms with van der Waals surface area (Å²) >= 11 is 11.8. The number of aromatic amines is 1. The van der Waals surface area contributed by atoms with Gasteiger partial charge in [0, 0.05) is 5.69 Å². The zero-order chi connectivity index (χ0) is 16.6. The van der Waals surface area contributed by atoms with E-state index in [0.29, 0.717) is 32.7 Å². The highest BCUT2D eigenvalue weighted by Crippen LogP contribution is 2.29. The highest BCUT2D eigenvalue weighted by atomic mass is 35.5. The lowest BCUT2D eigenvalue weighted by Gasteiger charge is -2.09. The maximum absolute atomic E-state index is 12.1. The normalized spacial score (nSPS) is 11.7. The van der Waals surface area contributed by atoms with E-state index in [-0.39, 0.29) is 5.75 Å². The molecule has 0 aliphatic heterocycles. The number of halogens is 5. The Morgan fingerprint density at radius 3 is 2.35 bits per heavy atom. The SMILES string of the molecule is FC(F)(F)Oc1ccc(Nc2nc3cc(Cl)c(Cl)cc3[nH]2)cc1. The van der Waals surface area contributed by atoms with E-state index >= 15 is 0 Å². The van der Waals surface area contributed by atoms with Gasteiger partial charge in [0.15, 0.2) is 0 Å². The number of alkyl halides is 3. The molecule has 0 radical (unpaired) electrons. The summed E-state index contributed by atoms with van der Waals surface area (Å²) in [6.07, 6.45) is -4.72. The molecule has 1 aromatic heterocycles. The van der Waals surface area contributed by atoms with E-state index < -0.39 is 6.36 Å². The summed E-state index contributed by atoms with van der Waals surface area (Å²) in [5.41, 5.74) is 1.83. The van der Waals surface area contributed by atoms with Gasteiger partial charge in [0.25, 0.3) is 0 Å². The second kappa shape index (κ2) is 5.82. The Morgan fingerprint density at radius 2 is 1.70 bits per heavy atom. The number of nitrogens with zero attached hydrogens (tertiary/aromatic N) is 1. The summed E-state index contributed by atoms with van der Waals surface area (Å²) in [5.74, 6) is 0.106. The molecule has 0 aliphatic rings. The minimum atomic E-state index is -4.72. The molecule has 3 aromatic rings. The minimum Gasteiger partial charge on any atom is -0.406 e. The summed E-state index contributed by atoms with van der Waals surface area (Å²) in [4.78, 5) is 7.26. The summed E-state index contributed by atoms with van der Waals surface area (Å²) in [7, 11) is 0. The van der Waals surface area contributed by atoms with Crippen molar-refractivity contribution >= 4 is 45.9 Å². The molecule has 3 rings (SSSR count). The number of benzene rings is 2. The molecule has 4 nitrogen and oxygen atoms in total. The van der Waals surface area contributed by atoms with Crippen LogP contribution in [-0.4, -0.2) is 16.3 Å². The lowest BCUT2D eigenvalue weighted by Crippen LogP contribution is -2.16. The third-order valence-corrected chi connectivity index (χ3v) is 3.60. The third-order valence-electron chi connectivity index (χ3n) is 2.87. The van der Waals surface area contributed by atoms with Crippen LogP contribution < -0.4 is 10.1 Å². The number of nitrogens with one attached hydrogen (secondary N) is 2. The van der Waals surface area contributed by atoms with Gasteiger partial charge in [0.05, 0.1) is 21.1 Å². The number of imidazole rings is 1. The number of hydrogen-bond donors (Lipinski definition) is 2. The van der Waals surface area contributed by atoms with E-state index in [1.54, 1.807) is 12.1 Å². The van der Waals surface area contributed by atoms with Crippen LogP contribution in [0.25, 0.3) is 11.0 Å². The summed E-state index contributed by atoms with van der Waals surface area (Å²) in [6.45, 7) is 0. The van der Waals surface area contributed by atoms with Crippen molar-refractivity contribution in [1.29, 1.82) is 0 Å². The first-order chi connectivity index (χ1) is 10.8. The second-order valence-corrected chi connectivity index (χ2v) is 5.38. The maximum Gasteiger partial charge on any atom is 0.573 e. The number of hydrogen-bond acceptors (Lipinski definition) is 3. The summed E-state index contributed by atoms with van der Waals surface area (Å²) in [5, 5.41) is 3.70. The number of fused-ring (bicyclic) bond motifs is 1. The first-order valence-corrected chi connectivity index (χ1v) is 7.03. The van der Waals surface area contributed by atoms with Crippen molar-refractivity contribution in [3.05, 3.63) is 46.4 Å². The van der Waals surface area contributed by atoms with Gasteiger partial charge in [-0.1, -0.05) is 23.2 Å². The molecule has 120 valence electrons. The highest BCUT2D eigenvalue weighted by molar-refractivity contribution is 6.42. The lowest BCUT2D eigenvalue weighted by molar-refractivity contribution is -0.274. The van der Waals surface area contributed by atoms with E-state index in [2.05, 4.69) is 20.0 Å². The first-order valence-electron chi connectivity index (χ1n) is 6.28. The molecule has 0 spiro atoms. The molecule has 1 heterocycles. The lowest BCUT2D eigenvalue weighted by atomic mass is 10.3. The fourth-order valence-corrected chi connectivity index (χ4v) is 2.26. The van der Waals surface area contributed by atoms with Crippen molar-refractivity contribution in [1.82, 2.24) is 9.97 Å². The van der Waals surface area contributed by atoms with Crippen LogP contribution in [0.4, 0.5) is 24.8 Å². The first kappa shape index (κ1) is 15.8. The Balaban J connectivity index is 1.79. The predicted octanol–water partition coefficient (Wildman–Crippen LogP) is 5.51. The van der Waals surface area contributed by atoms with Gasteiger partial charge >= 0.3 is 6.36 Å². The Labute approximate surface area is 138 Å². The van der Waals surface area contributed by atoms with E-state index in [4.69, 9.17) is 23.2 Å². The minimum absolute atomic E-state index is 0.300. The molecule has 23 heavy (non-hydrogen) atoms. The van der Waals surface area contributed by atoms with Crippen molar-refractivity contribution in [2.75, 3.05) is 5.32 Å². The molecule has 0 saturated heterocycles. The Kier molecular flexibility index (Phi) is 3.99. The van der Waals surface area contributed by atoms with Crippen molar-refractivity contribution in [2.45, 2.75) is 6.36 Å². The standard InChI is InChI=1S/C14H8Cl2F3N3O/c15-9-5-11-12(6-10(9)16)22-13(21-11)20-7-1-3-8(4-2-7)23-14(17,18)19/h1-6H,(H2,20,21,22). The van der Waals surface area contributed by atoms with Gasteiger partial charge in [-0.3, -0.25) is 0 Å². The molecule has 0 unspecified atom stereocenters. The Morgan fingerprint density at radius 1 is 1.04 bits per heavy atom. The van der Waals surface area contributed by atoms with E-state index in [9.17, 15) is 13.2 Å². The molecular formula is C14H8Cl2F3N3O. The van der Waals surface area contributed by atoms with Gasteiger partial charge < -0.3 is 15.0 Å². The average Bonchev–Trinajstić information content (AvgIpc) is 2.81. The fraction of sp³-hybridized carbons (Fsp3) is 0.0714. The molecule has 0 saturated carbocycles. The zero-order valence-corrected chi connectivity index (χ0v) is 12.7. The van der Waals surface area contributed by atoms with Crippen LogP contribution in [0, 0.1) is 0 Å². The molecule has 9 heteroatoms. The zero-order valence-electron chi connectivity index (χ0n) is 11.2. The molecule has 2 aromatic carbocycles. The van der Waals surface area contributed by atoms with Crippen molar-refractivity contribution in [2.24, 2.45) is 0 Å². The van der Waals surface area contributed by atoms with Crippen LogP contribution >= 0.6 is 23.2 Å². The largest absolute Gasteiger partial charge is 0.573 e. The maximum atomic E-state index is 12.1. The van der Waals surface area contributed by atoms with Gasteiger partial charge in [-0.25, -0.2) is 4.98 Å². The number of anilines is 2.